The topological polar surface area (TPSA) is 60.7 Å². The van der Waals surface area contributed by atoms with Crippen LogP contribution < -0.4 is 0 Å². The van der Waals surface area contributed by atoms with Crippen LogP contribution in [0.1, 0.15) is 0 Å². The van der Waals surface area contributed by atoms with E-state index in [9.17, 15) is 9.50 Å². The Morgan fingerprint density at radius 3 is 2.71 bits per heavy atom. The van der Waals surface area contributed by atoms with Crippen LogP contribution in [0.5, 0.6) is 5.88 Å². The van der Waals surface area contributed by atoms with Crippen LogP contribution in [0.4, 0.5) is 15.8 Å². The highest BCUT2D eigenvalue weighted by Crippen LogP contribution is 2.37. The van der Waals surface area contributed by atoms with Crippen molar-refractivity contribution in [3.63, 3.8) is 0 Å². The number of nitrogens with zero attached hydrogens (tertiary/aromatic N) is 2. The van der Waals surface area contributed by atoms with Gasteiger partial charge in [0.1, 0.15) is 5.82 Å². The molecule has 21 heavy (non-hydrogen) atoms. The number of hydrogen-bond donors (Lipinski definition) is 2. The lowest BCUT2D eigenvalue weighted by molar-refractivity contribution is 0.459. The van der Waals surface area contributed by atoms with Crippen LogP contribution in [-0.4, -0.2) is 10.1 Å². The molecule has 2 N–H and O–H groups in total. The molecule has 1 aromatic heterocycles. The summed E-state index contributed by atoms with van der Waals surface area (Å²) in [5.74, 6) is -0.602. The number of H-pyrrole nitrogens is 1. The Bertz CT molecular complexity index is 863. The third kappa shape index (κ3) is 2.77. The number of halogens is 3. The Morgan fingerprint density at radius 2 is 1.95 bits per heavy atom. The van der Waals surface area contributed by atoms with Crippen molar-refractivity contribution in [1.82, 2.24) is 4.98 Å². The van der Waals surface area contributed by atoms with E-state index in [1.165, 1.54) is 18.2 Å². The summed E-state index contributed by atoms with van der Waals surface area (Å²) in [6.07, 6.45) is 0. The molecule has 0 unspecified atom stereocenters. The van der Waals surface area contributed by atoms with Gasteiger partial charge in [-0.2, -0.15) is 5.11 Å². The van der Waals surface area contributed by atoms with Gasteiger partial charge in [0.15, 0.2) is 5.69 Å². The average Bonchev–Trinajstić information content (AvgIpc) is 2.75. The van der Waals surface area contributed by atoms with Gasteiger partial charge in [-0.1, -0.05) is 27.5 Å². The molecule has 0 spiro atoms. The zero-order chi connectivity index (χ0) is 15.0. The number of azo groups is 1. The number of nitrogens with one attached hydrogen (secondary N) is 1. The van der Waals surface area contributed by atoms with Crippen molar-refractivity contribution in [3.8, 4) is 5.88 Å². The lowest BCUT2D eigenvalue weighted by Gasteiger charge is -1.96. The minimum atomic E-state index is -0.519. The minimum absolute atomic E-state index is 0.0302. The van der Waals surface area contributed by atoms with Crippen molar-refractivity contribution in [2.45, 2.75) is 0 Å². The highest BCUT2D eigenvalue weighted by atomic mass is 79.9. The van der Waals surface area contributed by atoms with Crippen molar-refractivity contribution in [3.05, 3.63) is 51.7 Å². The van der Waals surface area contributed by atoms with Crippen LogP contribution in [0.15, 0.2) is 51.1 Å². The van der Waals surface area contributed by atoms with Crippen molar-refractivity contribution < 1.29 is 9.50 Å². The summed E-state index contributed by atoms with van der Waals surface area (Å²) in [7, 11) is 0. The van der Waals surface area contributed by atoms with Gasteiger partial charge in [-0.25, -0.2) is 4.39 Å². The first-order valence-corrected chi connectivity index (χ1v) is 7.08. The minimum Gasteiger partial charge on any atom is -0.493 e. The van der Waals surface area contributed by atoms with Crippen LogP contribution in [-0.2, 0) is 0 Å². The molecule has 0 aliphatic heterocycles. The zero-order valence-electron chi connectivity index (χ0n) is 10.4. The summed E-state index contributed by atoms with van der Waals surface area (Å²) in [5, 5.41) is 18.6. The molecule has 0 saturated heterocycles. The molecule has 0 bridgehead atoms. The van der Waals surface area contributed by atoms with Crippen molar-refractivity contribution in [2.75, 3.05) is 0 Å². The third-order valence-electron chi connectivity index (χ3n) is 2.88. The second-order valence-electron chi connectivity index (χ2n) is 4.31. The monoisotopic (exact) mass is 367 g/mol. The van der Waals surface area contributed by atoms with E-state index in [0.717, 1.165) is 15.4 Å². The highest BCUT2D eigenvalue weighted by molar-refractivity contribution is 9.10. The first kappa shape index (κ1) is 14.0. The Morgan fingerprint density at radius 1 is 1.14 bits per heavy atom. The van der Waals surface area contributed by atoms with Gasteiger partial charge in [0.05, 0.1) is 16.2 Å². The molecule has 3 aromatic rings. The number of hydrogen-bond acceptors (Lipinski definition) is 3. The maximum atomic E-state index is 13.1. The summed E-state index contributed by atoms with van der Waals surface area (Å²) >= 11 is 9.05. The van der Waals surface area contributed by atoms with Crippen molar-refractivity contribution in [2.24, 2.45) is 10.2 Å². The molecule has 0 aliphatic rings. The summed E-state index contributed by atoms with van der Waals surface area (Å²) in [4.78, 5) is 2.81. The lowest BCUT2D eigenvalue weighted by Crippen LogP contribution is -1.73. The number of aromatic hydroxyl groups is 1. The highest BCUT2D eigenvalue weighted by Gasteiger charge is 2.10. The molecule has 0 aliphatic carbocycles. The van der Waals surface area contributed by atoms with Crippen LogP contribution in [0.2, 0.25) is 5.02 Å². The number of aromatic amines is 1. The normalized spacial score (nSPS) is 11.6. The number of aromatic nitrogens is 1. The first-order chi connectivity index (χ1) is 10.0. The molecular weight excluding hydrogens is 361 g/mol. The molecule has 4 nitrogen and oxygen atoms in total. The second-order valence-corrected chi connectivity index (χ2v) is 5.63. The number of benzene rings is 2. The fraction of sp³-hybridized carbons (Fsp3) is 0. The van der Waals surface area contributed by atoms with Gasteiger partial charge in [0.25, 0.3) is 0 Å². The Labute approximate surface area is 132 Å². The molecule has 2 aromatic carbocycles. The van der Waals surface area contributed by atoms with Gasteiger partial charge >= 0.3 is 0 Å². The molecule has 0 fully saturated rings. The SMILES string of the molecule is Oc1[nH]c2ccc(Br)cc2c1N=Nc1ccc(F)c(Cl)c1. The molecule has 0 radical (unpaired) electrons. The Balaban J connectivity index is 2.04. The number of rotatable bonds is 2. The quantitative estimate of drug-likeness (QED) is 0.548. The smallest absolute Gasteiger partial charge is 0.218 e. The predicted octanol–water partition coefficient (Wildman–Crippen LogP) is 5.84. The van der Waals surface area contributed by atoms with E-state index in [1.807, 2.05) is 18.2 Å². The lowest BCUT2D eigenvalue weighted by atomic mass is 10.2. The van der Waals surface area contributed by atoms with Crippen molar-refractivity contribution in [1.29, 1.82) is 0 Å². The van der Waals surface area contributed by atoms with Gasteiger partial charge in [0, 0.05) is 9.86 Å². The van der Waals surface area contributed by atoms with Gasteiger partial charge < -0.3 is 10.1 Å². The first-order valence-electron chi connectivity index (χ1n) is 5.91. The molecule has 0 saturated carbocycles. The Hall–Kier alpha value is -1.92. The zero-order valence-corrected chi connectivity index (χ0v) is 12.8. The summed E-state index contributed by atoms with van der Waals surface area (Å²) in [6, 6.07) is 9.50. The molecule has 7 heteroatoms. The predicted molar refractivity (Wildman–Crippen MR) is 83.2 cm³/mol. The van der Waals surface area contributed by atoms with E-state index in [4.69, 9.17) is 11.6 Å². The average molecular weight is 369 g/mol. The Kier molecular flexibility index (Phi) is 3.65. The fourth-order valence-electron chi connectivity index (χ4n) is 1.89. The summed E-state index contributed by atoms with van der Waals surface area (Å²) < 4.78 is 13.9. The fourth-order valence-corrected chi connectivity index (χ4v) is 2.43. The number of fused-ring (bicyclic) bond motifs is 1. The molecular formula is C14H8BrClFN3O. The summed E-state index contributed by atoms with van der Waals surface area (Å²) in [5.41, 5.74) is 1.44. The van der Waals surface area contributed by atoms with Crippen LogP contribution in [0.25, 0.3) is 10.9 Å². The molecule has 106 valence electrons. The molecule has 0 amide bonds. The van der Waals surface area contributed by atoms with E-state index in [-0.39, 0.29) is 10.9 Å². The molecule has 0 atom stereocenters. The molecule has 3 rings (SSSR count). The van der Waals surface area contributed by atoms with Crippen LogP contribution in [0, 0.1) is 5.82 Å². The maximum absolute atomic E-state index is 13.1. The largest absolute Gasteiger partial charge is 0.493 e. The van der Waals surface area contributed by atoms with Gasteiger partial charge in [-0.3, -0.25) is 0 Å². The standard InChI is InChI=1S/C14H8BrClFN3O/c15-7-1-4-12-9(5-7)13(14(21)18-12)20-19-8-2-3-11(17)10(16)6-8/h1-6,18,21H. The molecule has 1 heterocycles. The van der Waals surface area contributed by atoms with Crippen LogP contribution in [0.3, 0.4) is 0 Å². The third-order valence-corrected chi connectivity index (χ3v) is 3.67. The van der Waals surface area contributed by atoms with Gasteiger partial charge in [0.2, 0.25) is 5.88 Å². The maximum Gasteiger partial charge on any atom is 0.218 e. The second kappa shape index (κ2) is 5.46. The van der Waals surface area contributed by atoms with Crippen molar-refractivity contribution >= 4 is 49.8 Å². The van der Waals surface area contributed by atoms with E-state index in [2.05, 4.69) is 31.1 Å². The van der Waals surface area contributed by atoms with Crippen LogP contribution >= 0.6 is 27.5 Å². The van der Waals surface area contributed by atoms with Gasteiger partial charge in [-0.15, -0.1) is 5.11 Å². The van der Waals surface area contributed by atoms with E-state index < -0.39 is 5.82 Å². The van der Waals surface area contributed by atoms with E-state index in [1.54, 1.807) is 0 Å². The van der Waals surface area contributed by atoms with E-state index >= 15 is 0 Å². The summed E-state index contributed by atoms with van der Waals surface area (Å²) in [6.45, 7) is 0. The van der Waals surface area contributed by atoms with E-state index in [0.29, 0.717) is 11.4 Å². The van der Waals surface area contributed by atoms with Gasteiger partial charge in [-0.05, 0) is 36.4 Å².